The van der Waals surface area contributed by atoms with Gasteiger partial charge in [-0.3, -0.25) is 0 Å². The molecule has 1 unspecified atom stereocenters. The number of halogens is 2. The first-order chi connectivity index (χ1) is 4.77. The lowest BCUT2D eigenvalue weighted by Gasteiger charge is -2.01. The Kier molecular flexibility index (Phi) is 8.83. The average Bonchev–Trinajstić information content (AvgIpc) is 1.87. The molecule has 0 aliphatic rings. The van der Waals surface area contributed by atoms with E-state index in [4.69, 9.17) is 0 Å². The second-order valence-electron chi connectivity index (χ2n) is 2.67. The maximum atomic E-state index is 3.53. The summed E-state index contributed by atoms with van der Waals surface area (Å²) in [6.45, 7) is 2.21. The second-order valence-corrected chi connectivity index (χ2v) is 5.03. The zero-order valence-corrected chi connectivity index (χ0v) is 9.75. The Bertz CT molecular complexity index is 62.3. The van der Waals surface area contributed by atoms with Crippen molar-refractivity contribution in [2.75, 3.05) is 5.33 Å². The summed E-state index contributed by atoms with van der Waals surface area (Å²) in [5.74, 6) is 0. The minimum absolute atomic E-state index is 0.705. The molecule has 0 bridgehead atoms. The lowest BCUT2D eigenvalue weighted by Crippen LogP contribution is -1.89. The molecular weight excluding hydrogens is 256 g/mol. The van der Waals surface area contributed by atoms with Crippen LogP contribution in [0.15, 0.2) is 0 Å². The van der Waals surface area contributed by atoms with Gasteiger partial charge in [0.15, 0.2) is 0 Å². The molecule has 0 heterocycles. The molecule has 62 valence electrons. The van der Waals surface area contributed by atoms with Gasteiger partial charge in [-0.05, 0) is 12.8 Å². The van der Waals surface area contributed by atoms with E-state index in [0.29, 0.717) is 4.83 Å². The second kappa shape index (κ2) is 8.06. The summed E-state index contributed by atoms with van der Waals surface area (Å²) >= 11 is 6.96. The highest BCUT2D eigenvalue weighted by Crippen LogP contribution is 2.11. The molecule has 2 heteroatoms. The molecule has 0 N–H and O–H groups in total. The number of alkyl halides is 2. The molecule has 0 saturated heterocycles. The Morgan fingerprint density at radius 2 is 1.70 bits per heavy atom. The van der Waals surface area contributed by atoms with Crippen LogP contribution >= 0.6 is 31.9 Å². The van der Waals surface area contributed by atoms with E-state index in [1.165, 1.54) is 32.1 Å². The maximum Gasteiger partial charge on any atom is 0.0117 e. The molecular formula is C8H16Br2. The Morgan fingerprint density at radius 3 is 2.20 bits per heavy atom. The van der Waals surface area contributed by atoms with Crippen LogP contribution in [0.4, 0.5) is 0 Å². The first-order valence-corrected chi connectivity index (χ1v) is 6.01. The zero-order valence-electron chi connectivity index (χ0n) is 6.58. The summed E-state index contributed by atoms with van der Waals surface area (Å²) in [4.78, 5) is 0.705. The number of hydrogen-bond acceptors (Lipinski definition) is 0. The summed E-state index contributed by atoms with van der Waals surface area (Å²) in [6, 6.07) is 0. The molecule has 0 saturated carbocycles. The van der Waals surface area contributed by atoms with Crippen molar-refractivity contribution >= 4 is 31.9 Å². The predicted molar refractivity (Wildman–Crippen MR) is 55.3 cm³/mol. The molecule has 10 heavy (non-hydrogen) atoms. The summed E-state index contributed by atoms with van der Waals surface area (Å²) in [6.07, 6.45) is 6.80. The topological polar surface area (TPSA) is 0 Å². The fourth-order valence-electron chi connectivity index (χ4n) is 0.874. The van der Waals surface area contributed by atoms with Gasteiger partial charge in [-0.1, -0.05) is 58.0 Å². The number of unbranched alkanes of at least 4 members (excludes halogenated alkanes) is 3. The SMILES string of the molecule is CC(Br)CCCCCCBr. The van der Waals surface area contributed by atoms with Crippen LogP contribution in [-0.2, 0) is 0 Å². The van der Waals surface area contributed by atoms with Crippen molar-refractivity contribution in [3.05, 3.63) is 0 Å². The van der Waals surface area contributed by atoms with Crippen molar-refractivity contribution in [2.45, 2.75) is 43.9 Å². The van der Waals surface area contributed by atoms with Crippen LogP contribution in [0.5, 0.6) is 0 Å². The van der Waals surface area contributed by atoms with Gasteiger partial charge >= 0.3 is 0 Å². The van der Waals surface area contributed by atoms with Crippen LogP contribution in [0, 0.1) is 0 Å². The molecule has 1 atom stereocenters. The fraction of sp³-hybridized carbons (Fsp3) is 1.00. The van der Waals surface area contributed by atoms with Crippen LogP contribution in [0.1, 0.15) is 39.0 Å². The highest BCUT2D eigenvalue weighted by Gasteiger charge is 1.94. The fourth-order valence-corrected chi connectivity index (χ4v) is 1.59. The summed E-state index contributed by atoms with van der Waals surface area (Å²) in [5.41, 5.74) is 0. The van der Waals surface area contributed by atoms with E-state index in [9.17, 15) is 0 Å². The standard InChI is InChI=1S/C8H16Br2/c1-8(10)6-4-2-3-5-7-9/h8H,2-7H2,1H3. The molecule has 0 amide bonds. The Hall–Kier alpha value is 0.960. The van der Waals surface area contributed by atoms with Crippen molar-refractivity contribution in [1.29, 1.82) is 0 Å². The zero-order chi connectivity index (χ0) is 7.82. The molecule has 0 aliphatic carbocycles. The summed E-state index contributed by atoms with van der Waals surface area (Å²) in [7, 11) is 0. The minimum atomic E-state index is 0.705. The van der Waals surface area contributed by atoms with Gasteiger partial charge in [0.2, 0.25) is 0 Å². The van der Waals surface area contributed by atoms with E-state index in [1.807, 2.05) is 0 Å². The van der Waals surface area contributed by atoms with Gasteiger partial charge in [0.05, 0.1) is 0 Å². The Morgan fingerprint density at radius 1 is 1.10 bits per heavy atom. The van der Waals surface area contributed by atoms with Crippen LogP contribution in [0.25, 0.3) is 0 Å². The number of rotatable bonds is 6. The monoisotopic (exact) mass is 270 g/mol. The largest absolute Gasteiger partial charge is 0.0928 e. The van der Waals surface area contributed by atoms with E-state index in [0.717, 1.165) is 5.33 Å². The van der Waals surface area contributed by atoms with Crippen LogP contribution in [0.3, 0.4) is 0 Å². The highest BCUT2D eigenvalue weighted by molar-refractivity contribution is 9.09. The van der Waals surface area contributed by atoms with Gasteiger partial charge < -0.3 is 0 Å². The summed E-state index contributed by atoms with van der Waals surface area (Å²) in [5, 5.41) is 1.16. The maximum absolute atomic E-state index is 3.53. The van der Waals surface area contributed by atoms with Crippen LogP contribution in [0.2, 0.25) is 0 Å². The molecule has 0 rings (SSSR count). The third kappa shape index (κ3) is 8.96. The highest BCUT2D eigenvalue weighted by atomic mass is 79.9. The van der Waals surface area contributed by atoms with E-state index >= 15 is 0 Å². The van der Waals surface area contributed by atoms with E-state index < -0.39 is 0 Å². The lowest BCUT2D eigenvalue weighted by molar-refractivity contribution is 0.637. The quantitative estimate of drug-likeness (QED) is 0.504. The van der Waals surface area contributed by atoms with Crippen molar-refractivity contribution in [2.24, 2.45) is 0 Å². The van der Waals surface area contributed by atoms with Crippen molar-refractivity contribution < 1.29 is 0 Å². The van der Waals surface area contributed by atoms with E-state index in [2.05, 4.69) is 38.8 Å². The lowest BCUT2D eigenvalue weighted by atomic mass is 10.1. The van der Waals surface area contributed by atoms with Gasteiger partial charge in [-0.25, -0.2) is 0 Å². The van der Waals surface area contributed by atoms with Crippen LogP contribution in [-0.4, -0.2) is 10.2 Å². The minimum Gasteiger partial charge on any atom is -0.0928 e. The molecule has 0 radical (unpaired) electrons. The van der Waals surface area contributed by atoms with Gasteiger partial charge in [-0.15, -0.1) is 0 Å². The molecule has 0 aromatic rings. The smallest absolute Gasteiger partial charge is 0.0117 e. The molecule has 0 aromatic carbocycles. The molecule has 0 spiro atoms. The molecule has 0 aromatic heterocycles. The Labute approximate surface area is 81.0 Å². The van der Waals surface area contributed by atoms with Gasteiger partial charge in [-0.2, -0.15) is 0 Å². The average molecular weight is 272 g/mol. The van der Waals surface area contributed by atoms with Gasteiger partial charge in [0, 0.05) is 10.2 Å². The first kappa shape index (κ1) is 11.0. The predicted octanol–water partition coefficient (Wildman–Crippen LogP) is 4.12. The number of hydrogen-bond donors (Lipinski definition) is 0. The molecule has 0 nitrogen and oxygen atoms in total. The third-order valence-electron chi connectivity index (χ3n) is 1.49. The third-order valence-corrected chi connectivity index (χ3v) is 2.50. The van der Waals surface area contributed by atoms with Gasteiger partial charge in [0.25, 0.3) is 0 Å². The van der Waals surface area contributed by atoms with Crippen molar-refractivity contribution in [3.8, 4) is 0 Å². The normalized spacial score (nSPS) is 13.5. The first-order valence-electron chi connectivity index (χ1n) is 3.97. The van der Waals surface area contributed by atoms with Crippen LogP contribution < -0.4 is 0 Å². The van der Waals surface area contributed by atoms with E-state index in [-0.39, 0.29) is 0 Å². The van der Waals surface area contributed by atoms with Crippen molar-refractivity contribution in [1.82, 2.24) is 0 Å². The molecule has 0 fully saturated rings. The van der Waals surface area contributed by atoms with Crippen molar-refractivity contribution in [3.63, 3.8) is 0 Å². The Balaban J connectivity index is 2.77. The molecule has 0 aliphatic heterocycles. The van der Waals surface area contributed by atoms with Gasteiger partial charge in [0.1, 0.15) is 0 Å². The van der Waals surface area contributed by atoms with E-state index in [1.54, 1.807) is 0 Å². The summed E-state index contributed by atoms with van der Waals surface area (Å²) < 4.78 is 0.